The zero-order valence-corrected chi connectivity index (χ0v) is 13.1. The number of aromatic nitrogens is 2. The van der Waals surface area contributed by atoms with Gasteiger partial charge in [-0.3, -0.25) is 0 Å². The summed E-state index contributed by atoms with van der Waals surface area (Å²) in [5, 5.41) is 15.4. The van der Waals surface area contributed by atoms with E-state index in [-0.39, 0.29) is 11.7 Å². The molecule has 3 heteroatoms. The highest BCUT2D eigenvalue weighted by molar-refractivity contribution is 5.68. The van der Waals surface area contributed by atoms with Crippen molar-refractivity contribution in [2.75, 3.05) is 0 Å². The molecule has 3 aromatic rings. The molecule has 0 saturated carbocycles. The van der Waals surface area contributed by atoms with Gasteiger partial charge in [0.15, 0.2) is 5.75 Å². The molecule has 0 atom stereocenters. The van der Waals surface area contributed by atoms with Gasteiger partial charge in [-0.1, -0.05) is 56.3 Å². The van der Waals surface area contributed by atoms with Crippen molar-refractivity contribution >= 4 is 0 Å². The van der Waals surface area contributed by atoms with Crippen molar-refractivity contribution in [2.45, 2.75) is 26.7 Å². The minimum absolute atomic E-state index is 0.172. The van der Waals surface area contributed by atoms with Crippen LogP contribution in [0.15, 0.2) is 54.6 Å². The monoisotopic (exact) mass is 292 g/mol. The van der Waals surface area contributed by atoms with Crippen molar-refractivity contribution in [3.05, 3.63) is 65.9 Å². The molecule has 112 valence electrons. The van der Waals surface area contributed by atoms with Crippen LogP contribution < -0.4 is 0 Å². The van der Waals surface area contributed by atoms with Gasteiger partial charge in [0, 0.05) is 5.56 Å². The fraction of sp³-hybridized carbons (Fsp3) is 0.211. The van der Waals surface area contributed by atoms with Crippen molar-refractivity contribution in [3.63, 3.8) is 0 Å². The number of aromatic hydroxyl groups is 1. The lowest BCUT2D eigenvalue weighted by Crippen LogP contribution is -2.04. The summed E-state index contributed by atoms with van der Waals surface area (Å²) in [5.74, 6) is 0.438. The first-order valence-electron chi connectivity index (χ1n) is 7.52. The number of aryl methyl sites for hydroxylation is 1. The molecule has 1 aromatic heterocycles. The van der Waals surface area contributed by atoms with Crippen LogP contribution in [-0.4, -0.2) is 14.9 Å². The predicted octanol–water partition coefficient (Wildman–Crippen LogP) is 4.68. The van der Waals surface area contributed by atoms with Gasteiger partial charge < -0.3 is 5.11 Å². The van der Waals surface area contributed by atoms with Gasteiger partial charge in [-0.2, -0.15) is 5.10 Å². The summed E-state index contributed by atoms with van der Waals surface area (Å²) >= 11 is 0. The van der Waals surface area contributed by atoms with Gasteiger partial charge in [0.2, 0.25) is 0 Å². The minimum atomic E-state index is 0.172. The van der Waals surface area contributed by atoms with Crippen molar-refractivity contribution < 1.29 is 5.11 Å². The molecule has 0 radical (unpaired) electrons. The summed E-state index contributed by atoms with van der Waals surface area (Å²) in [7, 11) is 0. The van der Waals surface area contributed by atoms with Crippen LogP contribution in [0.1, 0.15) is 31.0 Å². The second kappa shape index (κ2) is 5.68. The Morgan fingerprint density at radius 3 is 2.36 bits per heavy atom. The maximum absolute atomic E-state index is 10.7. The third kappa shape index (κ3) is 2.50. The van der Waals surface area contributed by atoms with Gasteiger partial charge in [0.25, 0.3) is 0 Å². The number of nitrogens with zero attached hydrogens (tertiary/aromatic N) is 2. The van der Waals surface area contributed by atoms with Gasteiger partial charge in [0.1, 0.15) is 5.69 Å². The van der Waals surface area contributed by atoms with E-state index in [1.807, 2.05) is 47.1 Å². The first kappa shape index (κ1) is 14.4. The minimum Gasteiger partial charge on any atom is -0.504 e. The smallest absolute Gasteiger partial charge is 0.165 e. The van der Waals surface area contributed by atoms with E-state index in [9.17, 15) is 5.11 Å². The molecule has 2 aromatic carbocycles. The Morgan fingerprint density at radius 2 is 1.73 bits per heavy atom. The molecule has 0 spiro atoms. The first-order chi connectivity index (χ1) is 10.6. The van der Waals surface area contributed by atoms with Gasteiger partial charge >= 0.3 is 0 Å². The largest absolute Gasteiger partial charge is 0.504 e. The lowest BCUT2D eigenvalue weighted by atomic mass is 10.1. The van der Waals surface area contributed by atoms with Crippen molar-refractivity contribution in [3.8, 4) is 22.7 Å². The highest BCUT2D eigenvalue weighted by atomic mass is 16.3. The quantitative estimate of drug-likeness (QED) is 0.761. The van der Waals surface area contributed by atoms with Crippen LogP contribution in [0.25, 0.3) is 16.9 Å². The molecule has 0 amide bonds. The van der Waals surface area contributed by atoms with E-state index < -0.39 is 0 Å². The highest BCUT2D eigenvalue weighted by Crippen LogP contribution is 2.36. The zero-order valence-electron chi connectivity index (χ0n) is 13.1. The van der Waals surface area contributed by atoms with E-state index in [2.05, 4.69) is 38.0 Å². The fourth-order valence-corrected chi connectivity index (χ4v) is 2.69. The molecule has 0 aliphatic rings. The van der Waals surface area contributed by atoms with E-state index in [4.69, 9.17) is 0 Å². The van der Waals surface area contributed by atoms with E-state index in [0.29, 0.717) is 5.69 Å². The lowest BCUT2D eigenvalue weighted by Gasteiger charge is -2.10. The molecule has 0 bridgehead atoms. The molecule has 22 heavy (non-hydrogen) atoms. The number of benzene rings is 2. The Morgan fingerprint density at radius 1 is 1.00 bits per heavy atom. The average molecular weight is 292 g/mol. The number of hydrogen-bond acceptors (Lipinski definition) is 2. The van der Waals surface area contributed by atoms with Crippen LogP contribution >= 0.6 is 0 Å². The average Bonchev–Trinajstić information content (AvgIpc) is 2.86. The van der Waals surface area contributed by atoms with Gasteiger partial charge in [-0.15, -0.1) is 0 Å². The third-order valence-electron chi connectivity index (χ3n) is 3.74. The third-order valence-corrected chi connectivity index (χ3v) is 3.74. The Bertz CT molecular complexity index is 788. The number of rotatable bonds is 3. The van der Waals surface area contributed by atoms with Crippen molar-refractivity contribution in [1.29, 1.82) is 0 Å². The second-order valence-electron chi connectivity index (χ2n) is 5.85. The molecule has 0 unspecified atom stereocenters. The molecule has 3 rings (SSSR count). The van der Waals surface area contributed by atoms with E-state index >= 15 is 0 Å². The standard InChI is InChI=1S/C19H20N2O/c1-13(2)18-19(22)17(15-9-5-4-6-10-15)20-21(18)16-11-7-8-14(3)12-16/h4-13,22H,1-3H3. The molecular weight excluding hydrogens is 272 g/mol. The lowest BCUT2D eigenvalue weighted by molar-refractivity contribution is 0.464. The molecular formula is C19H20N2O. The Labute approximate surface area is 130 Å². The van der Waals surface area contributed by atoms with Crippen LogP contribution in [0.3, 0.4) is 0 Å². The molecule has 1 heterocycles. The first-order valence-corrected chi connectivity index (χ1v) is 7.52. The summed E-state index contributed by atoms with van der Waals surface area (Å²) in [5.41, 5.74) is 4.54. The molecule has 1 N–H and O–H groups in total. The summed E-state index contributed by atoms with van der Waals surface area (Å²) in [6, 6.07) is 18.0. The topological polar surface area (TPSA) is 38.0 Å². The second-order valence-corrected chi connectivity index (χ2v) is 5.85. The van der Waals surface area contributed by atoms with Crippen LogP contribution in [0, 0.1) is 6.92 Å². The maximum atomic E-state index is 10.7. The van der Waals surface area contributed by atoms with Crippen LogP contribution in [-0.2, 0) is 0 Å². The van der Waals surface area contributed by atoms with E-state index in [1.165, 1.54) is 5.56 Å². The Balaban J connectivity index is 2.22. The summed E-state index contributed by atoms with van der Waals surface area (Å²) < 4.78 is 1.86. The van der Waals surface area contributed by atoms with Crippen molar-refractivity contribution in [2.24, 2.45) is 0 Å². The van der Waals surface area contributed by atoms with Crippen molar-refractivity contribution in [1.82, 2.24) is 9.78 Å². The highest BCUT2D eigenvalue weighted by Gasteiger charge is 2.21. The van der Waals surface area contributed by atoms with Gasteiger partial charge in [0.05, 0.1) is 11.4 Å². The van der Waals surface area contributed by atoms with Gasteiger partial charge in [-0.05, 0) is 30.5 Å². The zero-order chi connectivity index (χ0) is 15.7. The van der Waals surface area contributed by atoms with Crippen LogP contribution in [0.2, 0.25) is 0 Å². The molecule has 0 saturated heterocycles. The molecule has 0 aliphatic carbocycles. The summed E-state index contributed by atoms with van der Waals surface area (Å²) in [4.78, 5) is 0. The SMILES string of the molecule is Cc1cccc(-n2nc(-c3ccccc3)c(O)c2C(C)C)c1. The summed E-state index contributed by atoms with van der Waals surface area (Å²) in [6.45, 7) is 6.19. The Kier molecular flexibility index (Phi) is 3.72. The van der Waals surface area contributed by atoms with Crippen LogP contribution in [0.5, 0.6) is 5.75 Å². The summed E-state index contributed by atoms with van der Waals surface area (Å²) in [6.07, 6.45) is 0. The van der Waals surface area contributed by atoms with E-state index in [1.54, 1.807) is 0 Å². The Hall–Kier alpha value is -2.55. The van der Waals surface area contributed by atoms with Gasteiger partial charge in [-0.25, -0.2) is 4.68 Å². The maximum Gasteiger partial charge on any atom is 0.165 e. The molecule has 0 fully saturated rings. The number of hydrogen-bond donors (Lipinski definition) is 1. The fourth-order valence-electron chi connectivity index (χ4n) is 2.69. The predicted molar refractivity (Wildman–Crippen MR) is 89.5 cm³/mol. The molecule has 3 nitrogen and oxygen atoms in total. The van der Waals surface area contributed by atoms with E-state index in [0.717, 1.165) is 16.9 Å². The molecule has 0 aliphatic heterocycles. The van der Waals surface area contributed by atoms with Crippen LogP contribution in [0.4, 0.5) is 0 Å². The normalized spacial score (nSPS) is 11.1.